The summed E-state index contributed by atoms with van der Waals surface area (Å²) in [6.07, 6.45) is 0. The van der Waals surface area contributed by atoms with Crippen molar-refractivity contribution in [3.63, 3.8) is 0 Å². The number of carboxylic acid groups (broad SMARTS) is 1. The number of hydrogen-bond acceptors (Lipinski definition) is 5. The van der Waals surface area contributed by atoms with E-state index in [1.807, 2.05) is 31.2 Å². The molecule has 23 heavy (non-hydrogen) atoms. The summed E-state index contributed by atoms with van der Waals surface area (Å²) in [4.78, 5) is 10.8. The van der Waals surface area contributed by atoms with Crippen LogP contribution in [0.25, 0.3) is 11.5 Å². The van der Waals surface area contributed by atoms with Crippen LogP contribution in [0.1, 0.15) is 21.8 Å². The zero-order valence-electron chi connectivity index (χ0n) is 12.4. The first-order valence-electron chi connectivity index (χ1n) is 6.97. The van der Waals surface area contributed by atoms with Crippen molar-refractivity contribution in [1.82, 2.24) is 10.2 Å². The molecule has 3 aromatic rings. The zero-order chi connectivity index (χ0) is 16.2. The Morgan fingerprint density at radius 3 is 2.43 bits per heavy atom. The van der Waals surface area contributed by atoms with Gasteiger partial charge in [-0.3, -0.25) is 0 Å². The van der Waals surface area contributed by atoms with Gasteiger partial charge in [0, 0.05) is 5.56 Å². The second-order valence-corrected chi connectivity index (χ2v) is 4.99. The Kier molecular flexibility index (Phi) is 4.05. The van der Waals surface area contributed by atoms with Crippen LogP contribution in [0, 0.1) is 6.92 Å². The van der Waals surface area contributed by atoms with Gasteiger partial charge in [0.05, 0.1) is 5.56 Å². The lowest BCUT2D eigenvalue weighted by molar-refractivity contribution is 0.0697. The van der Waals surface area contributed by atoms with Crippen molar-refractivity contribution in [1.29, 1.82) is 0 Å². The molecule has 0 aliphatic heterocycles. The Hall–Kier alpha value is -3.15. The average molecular weight is 310 g/mol. The van der Waals surface area contributed by atoms with Crippen LogP contribution < -0.4 is 4.74 Å². The largest absolute Gasteiger partial charge is 0.484 e. The first-order valence-corrected chi connectivity index (χ1v) is 6.97. The molecular formula is C17H14N2O4. The van der Waals surface area contributed by atoms with Gasteiger partial charge in [-0.15, -0.1) is 10.2 Å². The number of hydrogen-bond donors (Lipinski definition) is 1. The van der Waals surface area contributed by atoms with Gasteiger partial charge in [0.15, 0.2) is 6.61 Å². The Morgan fingerprint density at radius 1 is 1.09 bits per heavy atom. The van der Waals surface area contributed by atoms with E-state index in [0.29, 0.717) is 17.3 Å². The minimum absolute atomic E-state index is 0.170. The van der Waals surface area contributed by atoms with Crippen molar-refractivity contribution in [3.05, 3.63) is 65.5 Å². The monoisotopic (exact) mass is 310 g/mol. The number of aromatic nitrogens is 2. The third-order valence-corrected chi connectivity index (χ3v) is 3.23. The number of aryl methyl sites for hydroxylation is 1. The highest BCUT2D eigenvalue weighted by Crippen LogP contribution is 2.19. The van der Waals surface area contributed by atoms with Gasteiger partial charge in [-0.2, -0.15) is 0 Å². The van der Waals surface area contributed by atoms with Crippen LogP contribution >= 0.6 is 0 Å². The number of nitrogens with zero attached hydrogens (tertiary/aromatic N) is 2. The van der Waals surface area contributed by atoms with Crippen LogP contribution in [-0.4, -0.2) is 21.3 Å². The summed E-state index contributed by atoms with van der Waals surface area (Å²) in [5.41, 5.74) is 2.02. The molecule has 2 aromatic carbocycles. The third kappa shape index (κ3) is 3.55. The van der Waals surface area contributed by atoms with Gasteiger partial charge in [0.1, 0.15) is 5.75 Å². The van der Waals surface area contributed by atoms with E-state index in [4.69, 9.17) is 14.3 Å². The average Bonchev–Trinajstić information content (AvgIpc) is 3.03. The maximum absolute atomic E-state index is 10.8. The molecule has 0 fully saturated rings. The van der Waals surface area contributed by atoms with Crippen molar-refractivity contribution >= 4 is 5.97 Å². The number of carboxylic acids is 1. The molecule has 0 atom stereocenters. The molecule has 116 valence electrons. The summed E-state index contributed by atoms with van der Waals surface area (Å²) in [7, 11) is 0. The Labute approximate surface area is 132 Å². The van der Waals surface area contributed by atoms with Crippen molar-refractivity contribution < 1.29 is 19.1 Å². The van der Waals surface area contributed by atoms with E-state index in [2.05, 4.69) is 10.2 Å². The van der Waals surface area contributed by atoms with Crippen LogP contribution in [0.2, 0.25) is 0 Å². The van der Waals surface area contributed by atoms with Crippen molar-refractivity contribution in [2.45, 2.75) is 13.5 Å². The van der Waals surface area contributed by atoms with Gasteiger partial charge in [-0.05, 0) is 43.3 Å². The third-order valence-electron chi connectivity index (χ3n) is 3.23. The van der Waals surface area contributed by atoms with Crippen LogP contribution in [0.3, 0.4) is 0 Å². The highest BCUT2D eigenvalue weighted by Gasteiger charge is 2.10. The summed E-state index contributed by atoms with van der Waals surface area (Å²) >= 11 is 0. The van der Waals surface area contributed by atoms with Gasteiger partial charge < -0.3 is 14.3 Å². The van der Waals surface area contributed by atoms with Gasteiger partial charge in [0.25, 0.3) is 5.89 Å². The molecule has 1 N–H and O–H groups in total. The molecule has 0 saturated carbocycles. The number of aromatic carboxylic acids is 1. The van der Waals surface area contributed by atoms with E-state index < -0.39 is 5.97 Å². The fourth-order valence-corrected chi connectivity index (χ4v) is 1.96. The smallest absolute Gasteiger partial charge is 0.335 e. The molecule has 0 bridgehead atoms. The fraction of sp³-hybridized carbons (Fsp3) is 0.118. The standard InChI is InChI=1S/C17H14N2O4/c1-11-2-8-14(9-3-11)22-10-15-18-19-16(23-15)12-4-6-13(7-5-12)17(20)21/h2-9H,10H2,1H3,(H,20,21). The molecule has 1 aromatic heterocycles. The maximum Gasteiger partial charge on any atom is 0.335 e. The van der Waals surface area contributed by atoms with E-state index in [1.165, 1.54) is 12.1 Å². The molecule has 3 rings (SSSR count). The molecule has 0 aliphatic carbocycles. The normalized spacial score (nSPS) is 10.5. The lowest BCUT2D eigenvalue weighted by Gasteiger charge is -2.02. The quantitative estimate of drug-likeness (QED) is 0.778. The van der Waals surface area contributed by atoms with E-state index >= 15 is 0 Å². The topological polar surface area (TPSA) is 85.5 Å². The van der Waals surface area contributed by atoms with Crippen LogP contribution in [0.4, 0.5) is 0 Å². The molecule has 0 spiro atoms. The van der Waals surface area contributed by atoms with Gasteiger partial charge in [0.2, 0.25) is 5.89 Å². The number of carbonyl (C=O) groups is 1. The predicted octanol–water partition coefficient (Wildman–Crippen LogP) is 3.32. The Morgan fingerprint density at radius 2 is 1.78 bits per heavy atom. The highest BCUT2D eigenvalue weighted by atomic mass is 16.5. The summed E-state index contributed by atoms with van der Waals surface area (Å²) in [6, 6.07) is 13.9. The second kappa shape index (κ2) is 6.31. The van der Waals surface area contributed by atoms with Crippen molar-refractivity contribution in [2.75, 3.05) is 0 Å². The van der Waals surface area contributed by atoms with Gasteiger partial charge in [-0.1, -0.05) is 17.7 Å². The lowest BCUT2D eigenvalue weighted by Crippen LogP contribution is -1.95. The minimum atomic E-state index is -0.978. The summed E-state index contributed by atoms with van der Waals surface area (Å²) in [5.74, 6) is 0.419. The Balaban J connectivity index is 1.67. The fourth-order valence-electron chi connectivity index (χ4n) is 1.96. The molecule has 6 nitrogen and oxygen atoms in total. The molecule has 0 unspecified atom stereocenters. The van der Waals surface area contributed by atoms with Crippen LogP contribution in [0.5, 0.6) is 5.75 Å². The molecule has 0 aliphatic rings. The van der Waals surface area contributed by atoms with Gasteiger partial charge >= 0.3 is 5.97 Å². The first kappa shape index (κ1) is 14.8. The lowest BCUT2D eigenvalue weighted by atomic mass is 10.1. The molecule has 0 saturated heterocycles. The minimum Gasteiger partial charge on any atom is -0.484 e. The first-order chi connectivity index (χ1) is 11.1. The van der Waals surface area contributed by atoms with Gasteiger partial charge in [-0.25, -0.2) is 4.79 Å². The maximum atomic E-state index is 10.8. The van der Waals surface area contributed by atoms with Crippen molar-refractivity contribution in [3.8, 4) is 17.2 Å². The molecule has 0 amide bonds. The van der Waals surface area contributed by atoms with E-state index in [9.17, 15) is 4.79 Å². The number of ether oxygens (including phenoxy) is 1. The predicted molar refractivity (Wildman–Crippen MR) is 82.2 cm³/mol. The Bertz CT molecular complexity index is 807. The van der Waals surface area contributed by atoms with Crippen LogP contribution in [-0.2, 0) is 6.61 Å². The summed E-state index contributed by atoms with van der Waals surface area (Å²) in [5, 5.41) is 16.7. The molecule has 6 heteroatoms. The van der Waals surface area contributed by atoms with E-state index in [0.717, 1.165) is 11.3 Å². The van der Waals surface area contributed by atoms with E-state index in [1.54, 1.807) is 12.1 Å². The molecular weight excluding hydrogens is 296 g/mol. The summed E-state index contributed by atoms with van der Waals surface area (Å²) < 4.78 is 11.1. The molecule has 1 heterocycles. The SMILES string of the molecule is Cc1ccc(OCc2nnc(-c3ccc(C(=O)O)cc3)o2)cc1. The second-order valence-electron chi connectivity index (χ2n) is 4.99. The number of benzene rings is 2. The van der Waals surface area contributed by atoms with E-state index in [-0.39, 0.29) is 12.2 Å². The molecule has 0 radical (unpaired) electrons. The number of rotatable bonds is 5. The summed E-state index contributed by atoms with van der Waals surface area (Å²) in [6.45, 7) is 2.17. The highest BCUT2D eigenvalue weighted by molar-refractivity contribution is 5.88. The van der Waals surface area contributed by atoms with Crippen LogP contribution in [0.15, 0.2) is 52.9 Å². The zero-order valence-corrected chi connectivity index (χ0v) is 12.4. The van der Waals surface area contributed by atoms with Crippen molar-refractivity contribution in [2.24, 2.45) is 0 Å².